The molecule has 1 atom stereocenters. The van der Waals surface area contributed by atoms with Crippen molar-refractivity contribution in [1.29, 1.82) is 0 Å². The van der Waals surface area contributed by atoms with Crippen LogP contribution in [0.4, 0.5) is 0 Å². The highest BCUT2D eigenvalue weighted by Crippen LogP contribution is 2.31. The standard InChI is InChI=1S/C15H25N/c1-14(2,3)12-9-7-11(8-10-12)13(16)15(4,5)6/h7-10,13H,16H2,1-6H3. The van der Waals surface area contributed by atoms with Gasteiger partial charge in [-0.2, -0.15) is 0 Å². The second-order valence-electron chi connectivity index (χ2n) is 6.72. The summed E-state index contributed by atoms with van der Waals surface area (Å²) in [6.45, 7) is 13.2. The minimum absolute atomic E-state index is 0.0986. The molecule has 1 aromatic rings. The van der Waals surface area contributed by atoms with Crippen molar-refractivity contribution < 1.29 is 0 Å². The molecule has 2 N–H and O–H groups in total. The molecular weight excluding hydrogens is 194 g/mol. The molecular formula is C15H25N. The third kappa shape index (κ3) is 3.08. The molecule has 1 nitrogen and oxygen atoms in total. The van der Waals surface area contributed by atoms with Crippen LogP contribution < -0.4 is 5.73 Å². The number of nitrogens with two attached hydrogens (primary N) is 1. The fourth-order valence-corrected chi connectivity index (χ4v) is 1.69. The van der Waals surface area contributed by atoms with Crippen molar-refractivity contribution in [2.75, 3.05) is 0 Å². The van der Waals surface area contributed by atoms with Crippen molar-refractivity contribution in [3.05, 3.63) is 35.4 Å². The lowest BCUT2D eigenvalue weighted by Gasteiger charge is -2.28. The fraction of sp³-hybridized carbons (Fsp3) is 0.600. The summed E-state index contributed by atoms with van der Waals surface area (Å²) < 4.78 is 0. The smallest absolute Gasteiger partial charge is 0.0344 e. The van der Waals surface area contributed by atoms with Crippen molar-refractivity contribution in [2.24, 2.45) is 11.1 Å². The Morgan fingerprint density at radius 3 is 1.62 bits per heavy atom. The van der Waals surface area contributed by atoms with Gasteiger partial charge in [-0.1, -0.05) is 65.8 Å². The molecule has 1 heteroatoms. The molecule has 1 rings (SSSR count). The van der Waals surface area contributed by atoms with Gasteiger partial charge in [0, 0.05) is 6.04 Å². The van der Waals surface area contributed by atoms with Gasteiger partial charge in [0.15, 0.2) is 0 Å². The maximum absolute atomic E-state index is 6.23. The molecule has 0 heterocycles. The van der Waals surface area contributed by atoms with E-state index < -0.39 is 0 Å². The van der Waals surface area contributed by atoms with Crippen LogP contribution in [0.2, 0.25) is 0 Å². The molecule has 0 aromatic heterocycles. The van der Waals surface area contributed by atoms with E-state index in [0.29, 0.717) is 0 Å². The van der Waals surface area contributed by atoms with Gasteiger partial charge in [-0.3, -0.25) is 0 Å². The zero-order valence-corrected chi connectivity index (χ0v) is 11.5. The lowest BCUT2D eigenvalue weighted by molar-refractivity contribution is 0.327. The zero-order chi connectivity index (χ0) is 12.6. The first-order valence-corrected chi connectivity index (χ1v) is 5.98. The molecule has 0 aliphatic rings. The predicted octanol–water partition coefficient (Wildman–Crippen LogP) is 4.03. The van der Waals surface area contributed by atoms with E-state index in [1.165, 1.54) is 11.1 Å². The molecule has 0 aliphatic carbocycles. The van der Waals surface area contributed by atoms with Gasteiger partial charge in [0.05, 0.1) is 0 Å². The summed E-state index contributed by atoms with van der Waals surface area (Å²) in [6.07, 6.45) is 0. The first-order chi connectivity index (χ1) is 7.12. The van der Waals surface area contributed by atoms with E-state index in [-0.39, 0.29) is 16.9 Å². The third-order valence-corrected chi connectivity index (χ3v) is 3.07. The highest BCUT2D eigenvalue weighted by molar-refractivity contribution is 5.29. The van der Waals surface area contributed by atoms with E-state index in [2.05, 4.69) is 65.8 Å². The maximum atomic E-state index is 6.23. The third-order valence-electron chi connectivity index (χ3n) is 3.07. The van der Waals surface area contributed by atoms with E-state index in [1.54, 1.807) is 0 Å². The molecule has 0 saturated heterocycles. The first kappa shape index (κ1) is 13.2. The highest BCUT2D eigenvalue weighted by Gasteiger charge is 2.22. The summed E-state index contributed by atoms with van der Waals surface area (Å²) in [6, 6.07) is 8.82. The Morgan fingerprint density at radius 2 is 1.31 bits per heavy atom. The quantitative estimate of drug-likeness (QED) is 0.758. The Bertz CT molecular complexity index is 335. The first-order valence-electron chi connectivity index (χ1n) is 5.98. The summed E-state index contributed by atoms with van der Waals surface area (Å²) >= 11 is 0. The summed E-state index contributed by atoms with van der Waals surface area (Å²) in [4.78, 5) is 0. The molecule has 0 saturated carbocycles. The van der Waals surface area contributed by atoms with Gasteiger partial charge < -0.3 is 5.73 Å². The summed E-state index contributed by atoms with van der Waals surface area (Å²) in [5.74, 6) is 0. The Labute approximate surface area is 100 Å². The minimum Gasteiger partial charge on any atom is -0.324 e. The van der Waals surface area contributed by atoms with Gasteiger partial charge in [-0.25, -0.2) is 0 Å². The van der Waals surface area contributed by atoms with Crippen molar-refractivity contribution in [2.45, 2.75) is 53.0 Å². The van der Waals surface area contributed by atoms with Crippen LogP contribution in [0.5, 0.6) is 0 Å². The monoisotopic (exact) mass is 219 g/mol. The van der Waals surface area contributed by atoms with E-state index in [4.69, 9.17) is 5.73 Å². The number of hydrogen-bond donors (Lipinski definition) is 1. The van der Waals surface area contributed by atoms with Crippen molar-refractivity contribution in [3.8, 4) is 0 Å². The average molecular weight is 219 g/mol. The molecule has 1 aromatic carbocycles. The van der Waals surface area contributed by atoms with Crippen LogP contribution in [0, 0.1) is 5.41 Å². The lowest BCUT2D eigenvalue weighted by atomic mass is 9.81. The summed E-state index contributed by atoms with van der Waals surface area (Å²) in [5, 5.41) is 0. The van der Waals surface area contributed by atoms with E-state index >= 15 is 0 Å². The fourth-order valence-electron chi connectivity index (χ4n) is 1.69. The molecule has 0 amide bonds. The normalized spacial score (nSPS) is 14.9. The highest BCUT2D eigenvalue weighted by atomic mass is 14.7. The molecule has 0 fully saturated rings. The van der Waals surface area contributed by atoms with E-state index in [1.807, 2.05) is 0 Å². The SMILES string of the molecule is CC(C)(C)c1ccc(C(N)C(C)(C)C)cc1. The van der Waals surface area contributed by atoms with Crippen LogP contribution in [0.15, 0.2) is 24.3 Å². The molecule has 0 bridgehead atoms. The maximum Gasteiger partial charge on any atom is 0.0344 e. The topological polar surface area (TPSA) is 26.0 Å². The number of benzene rings is 1. The van der Waals surface area contributed by atoms with Crippen LogP contribution >= 0.6 is 0 Å². The number of hydrogen-bond acceptors (Lipinski definition) is 1. The van der Waals surface area contributed by atoms with Gasteiger partial charge in [-0.15, -0.1) is 0 Å². The Morgan fingerprint density at radius 1 is 0.875 bits per heavy atom. The molecule has 0 spiro atoms. The van der Waals surface area contributed by atoms with Crippen LogP contribution in [0.3, 0.4) is 0 Å². The minimum atomic E-state index is 0.0986. The average Bonchev–Trinajstić information content (AvgIpc) is 2.14. The predicted molar refractivity (Wildman–Crippen MR) is 71.5 cm³/mol. The van der Waals surface area contributed by atoms with Crippen molar-refractivity contribution in [3.63, 3.8) is 0 Å². The molecule has 0 radical (unpaired) electrons. The Hall–Kier alpha value is -0.820. The van der Waals surface area contributed by atoms with Crippen LogP contribution in [0.25, 0.3) is 0 Å². The van der Waals surface area contributed by atoms with Crippen LogP contribution in [-0.2, 0) is 5.41 Å². The Balaban J connectivity index is 2.96. The molecule has 16 heavy (non-hydrogen) atoms. The van der Waals surface area contributed by atoms with E-state index in [0.717, 1.165) is 0 Å². The summed E-state index contributed by atoms with van der Waals surface area (Å²) in [7, 11) is 0. The Kier molecular flexibility index (Phi) is 3.49. The second-order valence-corrected chi connectivity index (χ2v) is 6.72. The molecule has 1 unspecified atom stereocenters. The van der Waals surface area contributed by atoms with Crippen molar-refractivity contribution in [1.82, 2.24) is 0 Å². The van der Waals surface area contributed by atoms with Gasteiger partial charge >= 0.3 is 0 Å². The summed E-state index contributed by atoms with van der Waals surface area (Å²) in [5.41, 5.74) is 9.14. The molecule has 0 aliphatic heterocycles. The lowest BCUT2D eigenvalue weighted by Crippen LogP contribution is -2.26. The van der Waals surface area contributed by atoms with Crippen molar-refractivity contribution >= 4 is 0 Å². The van der Waals surface area contributed by atoms with E-state index in [9.17, 15) is 0 Å². The van der Waals surface area contributed by atoms with Crippen LogP contribution in [0.1, 0.15) is 58.7 Å². The van der Waals surface area contributed by atoms with Crippen LogP contribution in [-0.4, -0.2) is 0 Å². The zero-order valence-electron chi connectivity index (χ0n) is 11.5. The molecule has 90 valence electrons. The van der Waals surface area contributed by atoms with Gasteiger partial charge in [0.2, 0.25) is 0 Å². The second kappa shape index (κ2) is 4.21. The largest absolute Gasteiger partial charge is 0.324 e. The van der Waals surface area contributed by atoms with Gasteiger partial charge in [0.25, 0.3) is 0 Å². The van der Waals surface area contributed by atoms with Gasteiger partial charge in [0.1, 0.15) is 0 Å². The number of rotatable bonds is 1. The van der Waals surface area contributed by atoms with Gasteiger partial charge in [-0.05, 0) is 22.0 Å².